The van der Waals surface area contributed by atoms with E-state index < -0.39 is 19.3 Å². The maximum Gasteiger partial charge on any atom is 0.329 e. The minimum atomic E-state index is -3.56. The van der Waals surface area contributed by atoms with Crippen LogP contribution in [0.3, 0.4) is 0 Å². The molecule has 0 fully saturated rings. The molecule has 0 saturated carbocycles. The number of esters is 1. The van der Waals surface area contributed by atoms with Gasteiger partial charge in [0.05, 0.1) is 13.7 Å². The van der Waals surface area contributed by atoms with Crippen LogP contribution in [0.15, 0.2) is 115 Å². The van der Waals surface area contributed by atoms with E-state index in [1.807, 2.05) is 115 Å². The highest BCUT2D eigenvalue weighted by atomic mass is 31.2. The van der Waals surface area contributed by atoms with Crippen LogP contribution in [0.5, 0.6) is 5.75 Å². The van der Waals surface area contributed by atoms with Gasteiger partial charge in [0.25, 0.3) is 0 Å². The molecule has 4 aromatic carbocycles. The molecule has 0 radical (unpaired) electrons. The van der Waals surface area contributed by atoms with Crippen molar-refractivity contribution in [2.75, 3.05) is 18.4 Å². The summed E-state index contributed by atoms with van der Waals surface area (Å²) < 4.78 is 28.2. The molecule has 4 aromatic rings. The predicted octanol–water partition coefficient (Wildman–Crippen LogP) is 5.61. The fraction of sp³-hybridized carbons (Fsp3) is 0.167. The first-order valence-electron chi connectivity index (χ1n) is 11.9. The van der Waals surface area contributed by atoms with Gasteiger partial charge in [-0.25, -0.2) is 4.79 Å². The number of anilines is 1. The zero-order chi connectivity index (χ0) is 25.4. The normalized spacial score (nSPS) is 11.9. The Labute approximate surface area is 212 Å². The molecule has 0 aliphatic heterocycles. The number of hydrogen-bond donors (Lipinski definition) is 0. The van der Waals surface area contributed by atoms with E-state index in [0.29, 0.717) is 28.5 Å². The van der Waals surface area contributed by atoms with Gasteiger partial charge >= 0.3 is 5.97 Å². The van der Waals surface area contributed by atoms with Gasteiger partial charge in [0.1, 0.15) is 11.8 Å². The highest BCUT2D eigenvalue weighted by Crippen LogP contribution is 2.52. The summed E-state index contributed by atoms with van der Waals surface area (Å²) in [6.45, 7) is 2.00. The fourth-order valence-corrected chi connectivity index (χ4v) is 7.25. The molecule has 0 unspecified atom stereocenters. The lowest BCUT2D eigenvalue weighted by molar-refractivity contribution is -0.144. The van der Waals surface area contributed by atoms with Crippen LogP contribution in [0.1, 0.15) is 12.5 Å². The van der Waals surface area contributed by atoms with Crippen molar-refractivity contribution in [2.24, 2.45) is 0 Å². The standard InChI is InChI=1S/C30H30NO4P/c1-3-35-30(32)29(23-24-13-7-4-8-14-24)31(25-19-21-26(34-2)22-20-25)36(33,27-15-9-5-10-16-27)28-17-11-6-12-18-28/h4-22,29H,3,23H2,1-2H3/t29-/m0/s1. The molecule has 0 aliphatic carbocycles. The van der Waals surface area contributed by atoms with Gasteiger partial charge in [-0.2, -0.15) is 0 Å². The average molecular weight is 500 g/mol. The molecule has 0 amide bonds. The van der Waals surface area contributed by atoms with E-state index in [2.05, 4.69) is 0 Å². The van der Waals surface area contributed by atoms with Crippen LogP contribution >= 0.6 is 7.29 Å². The van der Waals surface area contributed by atoms with Gasteiger partial charge in [-0.15, -0.1) is 0 Å². The molecule has 0 N–H and O–H groups in total. The lowest BCUT2D eigenvalue weighted by atomic mass is 10.1. The molecule has 0 aliphatic rings. The molecule has 4 rings (SSSR count). The monoisotopic (exact) mass is 499 g/mol. The summed E-state index contributed by atoms with van der Waals surface area (Å²) >= 11 is 0. The molecule has 0 spiro atoms. The minimum Gasteiger partial charge on any atom is -0.497 e. The van der Waals surface area contributed by atoms with Crippen LogP contribution < -0.4 is 20.0 Å². The summed E-state index contributed by atoms with van der Waals surface area (Å²) in [6, 6.07) is 34.9. The molecular formula is C30H30NO4P. The van der Waals surface area contributed by atoms with Crippen molar-refractivity contribution in [1.29, 1.82) is 0 Å². The summed E-state index contributed by atoms with van der Waals surface area (Å²) in [4.78, 5) is 13.6. The first-order chi connectivity index (χ1) is 17.6. The van der Waals surface area contributed by atoms with Crippen molar-refractivity contribution >= 4 is 29.6 Å². The molecule has 0 aromatic heterocycles. The number of nitrogens with zero attached hydrogens (tertiary/aromatic N) is 1. The van der Waals surface area contributed by atoms with E-state index in [-0.39, 0.29) is 6.61 Å². The number of methoxy groups -OCH3 is 1. The van der Waals surface area contributed by atoms with Crippen molar-refractivity contribution in [1.82, 2.24) is 0 Å². The second-order valence-electron chi connectivity index (χ2n) is 8.25. The first-order valence-corrected chi connectivity index (χ1v) is 13.6. The van der Waals surface area contributed by atoms with E-state index in [1.165, 1.54) is 0 Å². The van der Waals surface area contributed by atoms with Crippen molar-refractivity contribution < 1.29 is 18.8 Å². The molecule has 0 bridgehead atoms. The predicted molar refractivity (Wildman–Crippen MR) is 146 cm³/mol. The molecule has 0 heterocycles. The van der Waals surface area contributed by atoms with Crippen LogP contribution in [0.2, 0.25) is 0 Å². The number of hydrogen-bond acceptors (Lipinski definition) is 4. The van der Waals surface area contributed by atoms with Gasteiger partial charge in [0.2, 0.25) is 7.29 Å². The van der Waals surface area contributed by atoms with Gasteiger partial charge in [-0.1, -0.05) is 66.7 Å². The molecule has 6 heteroatoms. The van der Waals surface area contributed by atoms with Gasteiger partial charge in [0.15, 0.2) is 0 Å². The van der Waals surface area contributed by atoms with Crippen molar-refractivity contribution in [3.05, 3.63) is 121 Å². The van der Waals surface area contributed by atoms with E-state index in [9.17, 15) is 4.79 Å². The Morgan fingerprint density at radius 1 is 0.778 bits per heavy atom. The fourth-order valence-electron chi connectivity index (χ4n) is 4.28. The van der Waals surface area contributed by atoms with E-state index in [0.717, 1.165) is 5.56 Å². The third-order valence-electron chi connectivity index (χ3n) is 5.98. The van der Waals surface area contributed by atoms with Crippen LogP contribution in [0, 0.1) is 0 Å². The largest absolute Gasteiger partial charge is 0.497 e. The summed E-state index contributed by atoms with van der Waals surface area (Å²) in [5.41, 5.74) is 1.59. The lowest BCUT2D eigenvalue weighted by Gasteiger charge is -2.39. The van der Waals surface area contributed by atoms with Gasteiger partial charge < -0.3 is 14.1 Å². The van der Waals surface area contributed by atoms with Crippen LogP contribution in [-0.4, -0.2) is 25.7 Å². The minimum absolute atomic E-state index is 0.224. The van der Waals surface area contributed by atoms with E-state index in [1.54, 1.807) is 18.7 Å². The number of ether oxygens (including phenoxy) is 2. The topological polar surface area (TPSA) is 55.8 Å². The average Bonchev–Trinajstić information content (AvgIpc) is 2.94. The number of benzene rings is 4. The Hall–Kier alpha value is -3.82. The Morgan fingerprint density at radius 3 is 1.75 bits per heavy atom. The number of carbonyl (C=O) groups is 1. The van der Waals surface area contributed by atoms with Crippen molar-refractivity contribution in [3.8, 4) is 5.75 Å². The molecule has 36 heavy (non-hydrogen) atoms. The number of carbonyl (C=O) groups excluding carboxylic acids is 1. The Bertz CT molecular complexity index is 1250. The lowest BCUT2D eigenvalue weighted by Crippen LogP contribution is -2.46. The Kier molecular flexibility index (Phi) is 8.24. The van der Waals surface area contributed by atoms with Crippen LogP contribution in [0.25, 0.3) is 0 Å². The SMILES string of the molecule is CCOC(=O)[C@H](Cc1ccccc1)N(c1ccc(OC)cc1)P(=O)(c1ccccc1)c1ccccc1. The number of rotatable bonds is 10. The maximum atomic E-state index is 15.5. The molecular weight excluding hydrogens is 469 g/mol. The van der Waals surface area contributed by atoms with Gasteiger partial charge in [0, 0.05) is 22.7 Å². The van der Waals surface area contributed by atoms with Crippen LogP contribution in [0.4, 0.5) is 5.69 Å². The summed E-state index contributed by atoms with van der Waals surface area (Å²) in [5.74, 6) is 0.243. The summed E-state index contributed by atoms with van der Waals surface area (Å²) in [7, 11) is -1.96. The summed E-state index contributed by atoms with van der Waals surface area (Å²) in [5, 5.41) is 1.27. The van der Waals surface area contributed by atoms with Gasteiger partial charge in [-0.3, -0.25) is 4.57 Å². The van der Waals surface area contributed by atoms with Crippen LogP contribution in [-0.2, 0) is 20.5 Å². The molecule has 5 nitrogen and oxygen atoms in total. The molecule has 1 atom stereocenters. The Balaban J connectivity index is 1.99. The Morgan fingerprint density at radius 2 is 1.28 bits per heavy atom. The maximum absolute atomic E-state index is 15.5. The zero-order valence-corrected chi connectivity index (χ0v) is 21.4. The van der Waals surface area contributed by atoms with Gasteiger partial charge in [-0.05, 0) is 61.0 Å². The molecule has 0 saturated heterocycles. The third-order valence-corrected chi connectivity index (χ3v) is 9.09. The first kappa shape index (κ1) is 25.3. The highest BCUT2D eigenvalue weighted by Gasteiger charge is 2.42. The third kappa shape index (κ3) is 5.37. The highest BCUT2D eigenvalue weighted by molar-refractivity contribution is 7.80. The van der Waals surface area contributed by atoms with E-state index in [4.69, 9.17) is 9.47 Å². The van der Waals surface area contributed by atoms with Crippen molar-refractivity contribution in [3.63, 3.8) is 0 Å². The second-order valence-corrected chi connectivity index (χ2v) is 10.9. The second kappa shape index (κ2) is 11.7. The molecule has 184 valence electrons. The summed E-state index contributed by atoms with van der Waals surface area (Å²) in [6.07, 6.45) is 0.329. The zero-order valence-electron chi connectivity index (χ0n) is 20.5. The van der Waals surface area contributed by atoms with E-state index >= 15 is 4.57 Å². The van der Waals surface area contributed by atoms with Crippen molar-refractivity contribution in [2.45, 2.75) is 19.4 Å². The smallest absolute Gasteiger partial charge is 0.329 e. The quantitative estimate of drug-likeness (QED) is 0.210.